The molecule has 2 heterocycles. The Morgan fingerprint density at radius 2 is 1.83 bits per heavy atom. The number of ether oxygens (including phenoxy) is 1. The Kier molecular flexibility index (Phi) is 8.60. The minimum Gasteiger partial charge on any atom is -0.496 e. The van der Waals surface area contributed by atoms with E-state index in [1.165, 1.54) is 5.56 Å². The SMILES string of the molecule is COc1ccccc1/C=C/CN1CCC([C@H](Cc2ccccc2)N(C)C(=O)c2cc(C)nn2C)CC1. The van der Waals surface area contributed by atoms with E-state index >= 15 is 0 Å². The lowest BCUT2D eigenvalue weighted by Crippen LogP contribution is -2.47. The number of methoxy groups -OCH3 is 1. The highest BCUT2D eigenvalue weighted by Gasteiger charge is 2.32. The molecule has 4 rings (SSSR count). The molecular formula is C30H38N4O2. The monoisotopic (exact) mass is 486 g/mol. The van der Waals surface area contributed by atoms with Crippen molar-refractivity contribution in [3.8, 4) is 5.75 Å². The summed E-state index contributed by atoms with van der Waals surface area (Å²) in [7, 11) is 5.51. The maximum atomic E-state index is 13.5. The van der Waals surface area contributed by atoms with Crippen LogP contribution in [-0.2, 0) is 13.5 Å². The lowest BCUT2D eigenvalue weighted by molar-refractivity contribution is 0.0588. The number of piperidine rings is 1. The number of rotatable bonds is 9. The molecule has 0 radical (unpaired) electrons. The molecule has 6 heteroatoms. The van der Waals surface area contributed by atoms with Gasteiger partial charge in [-0.25, -0.2) is 0 Å². The van der Waals surface area contributed by atoms with Crippen LogP contribution in [0.15, 0.2) is 66.7 Å². The van der Waals surface area contributed by atoms with E-state index in [0.717, 1.165) is 55.9 Å². The fourth-order valence-corrected chi connectivity index (χ4v) is 5.27. The van der Waals surface area contributed by atoms with Crippen molar-refractivity contribution in [1.82, 2.24) is 19.6 Å². The molecule has 1 atom stereocenters. The van der Waals surface area contributed by atoms with Crippen molar-refractivity contribution in [1.29, 1.82) is 0 Å². The van der Waals surface area contributed by atoms with E-state index in [1.54, 1.807) is 11.8 Å². The molecule has 0 bridgehead atoms. The molecule has 1 fully saturated rings. The van der Waals surface area contributed by atoms with Crippen LogP contribution in [0, 0.1) is 12.8 Å². The summed E-state index contributed by atoms with van der Waals surface area (Å²) in [6, 6.07) is 20.6. The molecular weight excluding hydrogens is 448 g/mol. The number of carbonyl (C=O) groups excluding carboxylic acids is 1. The molecule has 1 amide bonds. The van der Waals surface area contributed by atoms with Crippen LogP contribution < -0.4 is 4.74 Å². The minimum atomic E-state index is 0.0428. The van der Waals surface area contributed by atoms with Gasteiger partial charge < -0.3 is 9.64 Å². The Hall–Kier alpha value is -3.38. The Morgan fingerprint density at radius 3 is 2.50 bits per heavy atom. The van der Waals surface area contributed by atoms with Crippen LogP contribution >= 0.6 is 0 Å². The number of carbonyl (C=O) groups is 1. The first-order chi connectivity index (χ1) is 17.5. The number of hydrogen-bond acceptors (Lipinski definition) is 4. The van der Waals surface area contributed by atoms with Gasteiger partial charge in [-0.2, -0.15) is 5.10 Å². The predicted molar refractivity (Wildman–Crippen MR) is 145 cm³/mol. The van der Waals surface area contributed by atoms with Gasteiger partial charge in [0.25, 0.3) is 5.91 Å². The fraction of sp³-hybridized carbons (Fsp3) is 0.400. The summed E-state index contributed by atoms with van der Waals surface area (Å²) in [5, 5.41) is 4.39. The second-order valence-electron chi connectivity index (χ2n) is 9.75. The molecule has 3 aromatic rings. The summed E-state index contributed by atoms with van der Waals surface area (Å²) in [4.78, 5) is 17.9. The summed E-state index contributed by atoms with van der Waals surface area (Å²) in [5.41, 5.74) is 3.88. The number of benzene rings is 2. The quantitative estimate of drug-likeness (QED) is 0.434. The molecule has 190 valence electrons. The third-order valence-corrected chi connectivity index (χ3v) is 7.30. The van der Waals surface area contributed by atoms with Gasteiger partial charge in [-0.3, -0.25) is 14.4 Å². The van der Waals surface area contributed by atoms with Gasteiger partial charge in [0.15, 0.2) is 0 Å². The predicted octanol–water partition coefficient (Wildman–Crippen LogP) is 4.85. The van der Waals surface area contributed by atoms with Crippen molar-refractivity contribution in [2.75, 3.05) is 33.8 Å². The summed E-state index contributed by atoms with van der Waals surface area (Å²) < 4.78 is 7.16. The van der Waals surface area contributed by atoms with Crippen molar-refractivity contribution in [3.63, 3.8) is 0 Å². The molecule has 1 aliphatic rings. The number of amides is 1. The number of para-hydroxylation sites is 1. The smallest absolute Gasteiger partial charge is 0.272 e. The van der Waals surface area contributed by atoms with Crippen LogP contribution in [0.25, 0.3) is 6.08 Å². The molecule has 2 aromatic carbocycles. The first-order valence-corrected chi connectivity index (χ1v) is 12.8. The van der Waals surface area contributed by atoms with Crippen LogP contribution in [0.5, 0.6) is 5.75 Å². The molecule has 1 aromatic heterocycles. The third kappa shape index (κ3) is 6.24. The van der Waals surface area contributed by atoms with Gasteiger partial charge >= 0.3 is 0 Å². The van der Waals surface area contributed by atoms with Gasteiger partial charge in [0.05, 0.1) is 12.8 Å². The molecule has 0 spiro atoms. The Morgan fingerprint density at radius 1 is 1.14 bits per heavy atom. The van der Waals surface area contributed by atoms with Gasteiger partial charge in [0.2, 0.25) is 0 Å². The van der Waals surface area contributed by atoms with E-state index in [0.29, 0.717) is 11.6 Å². The Labute approximate surface area is 215 Å². The topological polar surface area (TPSA) is 50.6 Å². The van der Waals surface area contributed by atoms with Gasteiger partial charge in [0.1, 0.15) is 11.4 Å². The minimum absolute atomic E-state index is 0.0428. The van der Waals surface area contributed by atoms with E-state index in [2.05, 4.69) is 52.5 Å². The second kappa shape index (κ2) is 12.0. The van der Waals surface area contributed by atoms with Gasteiger partial charge in [-0.15, -0.1) is 0 Å². The molecule has 1 saturated heterocycles. The van der Waals surface area contributed by atoms with Crippen LogP contribution in [0.2, 0.25) is 0 Å². The summed E-state index contributed by atoms with van der Waals surface area (Å²) >= 11 is 0. The van der Waals surface area contributed by atoms with E-state index in [4.69, 9.17) is 4.74 Å². The van der Waals surface area contributed by atoms with Crippen molar-refractivity contribution < 1.29 is 9.53 Å². The van der Waals surface area contributed by atoms with Crippen molar-refractivity contribution >= 4 is 12.0 Å². The molecule has 0 aliphatic carbocycles. The number of aromatic nitrogens is 2. The highest BCUT2D eigenvalue weighted by atomic mass is 16.5. The molecule has 0 unspecified atom stereocenters. The average molecular weight is 487 g/mol. The van der Waals surface area contributed by atoms with Gasteiger partial charge in [-0.1, -0.05) is 60.7 Å². The lowest BCUT2D eigenvalue weighted by atomic mass is 9.85. The van der Waals surface area contributed by atoms with E-state index in [-0.39, 0.29) is 11.9 Å². The molecule has 0 saturated carbocycles. The first kappa shape index (κ1) is 25.7. The normalized spacial score (nSPS) is 15.8. The van der Waals surface area contributed by atoms with Crippen LogP contribution in [0.1, 0.15) is 40.2 Å². The van der Waals surface area contributed by atoms with Gasteiger partial charge in [0, 0.05) is 32.2 Å². The summed E-state index contributed by atoms with van der Waals surface area (Å²) in [6.45, 7) is 4.89. The summed E-state index contributed by atoms with van der Waals surface area (Å²) in [6.07, 6.45) is 7.37. The highest BCUT2D eigenvalue weighted by molar-refractivity contribution is 5.92. The molecule has 6 nitrogen and oxygen atoms in total. The largest absolute Gasteiger partial charge is 0.496 e. The lowest BCUT2D eigenvalue weighted by Gasteiger charge is -2.40. The zero-order chi connectivity index (χ0) is 25.5. The van der Waals surface area contributed by atoms with E-state index in [9.17, 15) is 4.79 Å². The number of aryl methyl sites for hydroxylation is 2. The fourth-order valence-electron chi connectivity index (χ4n) is 5.27. The van der Waals surface area contributed by atoms with Crippen LogP contribution in [0.3, 0.4) is 0 Å². The van der Waals surface area contributed by atoms with E-state index < -0.39 is 0 Å². The summed E-state index contributed by atoms with van der Waals surface area (Å²) in [5.74, 6) is 1.39. The molecule has 0 N–H and O–H groups in total. The van der Waals surface area contributed by atoms with Crippen molar-refractivity contribution in [2.45, 2.75) is 32.2 Å². The van der Waals surface area contributed by atoms with Crippen LogP contribution in [-0.4, -0.2) is 65.3 Å². The number of likely N-dealkylation sites (tertiary alicyclic amines) is 1. The Bertz CT molecular complexity index is 1160. The Balaban J connectivity index is 1.42. The van der Waals surface area contributed by atoms with Crippen LogP contribution in [0.4, 0.5) is 0 Å². The number of nitrogens with zero attached hydrogens (tertiary/aromatic N) is 4. The molecule has 1 aliphatic heterocycles. The zero-order valence-electron chi connectivity index (χ0n) is 21.9. The maximum Gasteiger partial charge on any atom is 0.272 e. The number of likely N-dealkylation sites (N-methyl/N-ethyl adjacent to an activating group) is 1. The third-order valence-electron chi connectivity index (χ3n) is 7.30. The zero-order valence-corrected chi connectivity index (χ0v) is 21.9. The van der Waals surface area contributed by atoms with Crippen molar-refractivity contribution in [3.05, 3.63) is 89.3 Å². The maximum absolute atomic E-state index is 13.5. The average Bonchev–Trinajstić information content (AvgIpc) is 3.25. The second-order valence-corrected chi connectivity index (χ2v) is 9.75. The molecule has 36 heavy (non-hydrogen) atoms. The van der Waals surface area contributed by atoms with Crippen molar-refractivity contribution in [2.24, 2.45) is 13.0 Å². The first-order valence-electron chi connectivity index (χ1n) is 12.8. The van der Waals surface area contributed by atoms with Gasteiger partial charge in [-0.05, 0) is 62.9 Å². The van der Waals surface area contributed by atoms with E-state index in [1.807, 2.05) is 56.3 Å². The standard InChI is InChI=1S/C30H38N4O2/c1-23-21-28(33(3)31-23)30(35)32(2)27(22-24-11-6-5-7-12-24)25-16-19-34(20-17-25)18-10-14-26-13-8-9-15-29(26)36-4/h5-15,21,25,27H,16-20,22H2,1-4H3/b14-10+/t27-/m0/s1. The number of hydrogen-bond donors (Lipinski definition) is 0. The highest BCUT2D eigenvalue weighted by Crippen LogP contribution is 2.28.